The zero-order valence-corrected chi connectivity index (χ0v) is 37.9. The molecular formula is C60H52O3S. The SMILES string of the molecule is C1#CCCc2ccc3ccccc3c2-c2c(ccc3ccccc23)CC1.CCC#CCOS(=O)(=O)c1ccc(C)cc1.Cc1ccc2ccccc2c1-c1c(C)ccc2ccccc12. The number of hydrogen-bond donors (Lipinski definition) is 0. The number of rotatable bonds is 4. The molecule has 0 unspecified atom stereocenters. The third kappa shape index (κ3) is 9.66. The third-order valence-corrected chi connectivity index (χ3v) is 13.1. The maximum Gasteiger partial charge on any atom is 0.297 e. The highest BCUT2D eigenvalue weighted by Gasteiger charge is 2.18. The van der Waals surface area contributed by atoms with Crippen LogP contribution in [0.1, 0.15) is 54.0 Å². The fourth-order valence-electron chi connectivity index (χ4n) is 8.69. The monoisotopic (exact) mass is 852 g/mol. The van der Waals surface area contributed by atoms with Gasteiger partial charge in [0.15, 0.2) is 0 Å². The lowest BCUT2D eigenvalue weighted by Crippen LogP contribution is -2.06. The smallest absolute Gasteiger partial charge is 0.253 e. The van der Waals surface area contributed by atoms with Gasteiger partial charge in [0, 0.05) is 19.3 Å². The van der Waals surface area contributed by atoms with E-state index >= 15 is 0 Å². The van der Waals surface area contributed by atoms with E-state index in [-0.39, 0.29) is 11.5 Å². The quantitative estimate of drug-likeness (QED) is 0.131. The molecular weight excluding hydrogens is 801 g/mol. The molecule has 0 amide bonds. The highest BCUT2D eigenvalue weighted by atomic mass is 32.2. The largest absolute Gasteiger partial charge is 0.297 e. The predicted octanol–water partition coefficient (Wildman–Crippen LogP) is 14.9. The second kappa shape index (κ2) is 20.0. The van der Waals surface area contributed by atoms with E-state index in [0.29, 0.717) is 6.42 Å². The van der Waals surface area contributed by atoms with E-state index in [2.05, 4.69) is 183 Å². The summed E-state index contributed by atoms with van der Waals surface area (Å²) in [4.78, 5) is 0.163. The van der Waals surface area contributed by atoms with Gasteiger partial charge >= 0.3 is 0 Å². The van der Waals surface area contributed by atoms with E-state index < -0.39 is 10.1 Å². The average Bonchev–Trinajstić information content (AvgIpc) is 3.32. The first-order chi connectivity index (χ1) is 31.2. The molecule has 1 aliphatic rings. The van der Waals surface area contributed by atoms with E-state index in [0.717, 1.165) is 31.2 Å². The van der Waals surface area contributed by atoms with Crippen molar-refractivity contribution in [1.82, 2.24) is 0 Å². The first-order valence-corrected chi connectivity index (χ1v) is 23.5. The second-order valence-corrected chi connectivity index (χ2v) is 17.8. The molecule has 10 rings (SSSR count). The van der Waals surface area contributed by atoms with Crippen molar-refractivity contribution >= 4 is 53.2 Å². The number of fused-ring (bicyclic) bond motifs is 9. The normalized spacial score (nSPS) is 12.0. The van der Waals surface area contributed by atoms with Gasteiger partial charge in [-0.1, -0.05) is 176 Å². The molecule has 9 aromatic carbocycles. The Morgan fingerprint density at radius 1 is 0.469 bits per heavy atom. The van der Waals surface area contributed by atoms with Crippen LogP contribution in [-0.4, -0.2) is 15.0 Å². The van der Waals surface area contributed by atoms with Crippen molar-refractivity contribution in [3.05, 3.63) is 198 Å². The Labute approximate surface area is 378 Å². The molecule has 0 spiro atoms. The molecule has 0 heterocycles. The maximum absolute atomic E-state index is 11.6. The van der Waals surface area contributed by atoms with E-state index in [4.69, 9.17) is 4.18 Å². The summed E-state index contributed by atoms with van der Waals surface area (Å²) in [5.74, 6) is 12.1. The Kier molecular flexibility index (Phi) is 13.7. The molecule has 0 fully saturated rings. The van der Waals surface area contributed by atoms with Gasteiger partial charge in [-0.2, -0.15) is 8.42 Å². The van der Waals surface area contributed by atoms with E-state index in [9.17, 15) is 8.42 Å². The lowest BCUT2D eigenvalue weighted by molar-refractivity contribution is 0.363. The molecule has 3 nitrogen and oxygen atoms in total. The molecule has 0 bridgehead atoms. The maximum atomic E-state index is 11.6. The van der Waals surface area contributed by atoms with Gasteiger partial charge in [0.25, 0.3) is 10.1 Å². The highest BCUT2D eigenvalue weighted by Crippen LogP contribution is 2.41. The second-order valence-electron chi connectivity index (χ2n) is 16.2. The van der Waals surface area contributed by atoms with Gasteiger partial charge in [0.1, 0.15) is 6.61 Å². The molecule has 0 saturated carbocycles. The summed E-state index contributed by atoms with van der Waals surface area (Å²) in [7, 11) is -3.66. The van der Waals surface area contributed by atoms with Gasteiger partial charge in [0.05, 0.1) is 4.90 Å². The van der Waals surface area contributed by atoms with Crippen molar-refractivity contribution in [2.24, 2.45) is 0 Å². The number of hydrogen-bond acceptors (Lipinski definition) is 3. The molecule has 1 aliphatic carbocycles. The van der Waals surface area contributed by atoms with E-state index in [1.807, 2.05) is 13.8 Å². The van der Waals surface area contributed by atoms with Crippen LogP contribution in [0.15, 0.2) is 175 Å². The minimum Gasteiger partial charge on any atom is -0.253 e. The van der Waals surface area contributed by atoms with Gasteiger partial charge in [-0.3, -0.25) is 4.18 Å². The Hall–Kier alpha value is -6.95. The van der Waals surface area contributed by atoms with Crippen LogP contribution in [0.5, 0.6) is 0 Å². The minimum absolute atomic E-state index is 0.0932. The van der Waals surface area contributed by atoms with Crippen molar-refractivity contribution in [3.8, 4) is 45.9 Å². The van der Waals surface area contributed by atoms with Crippen LogP contribution >= 0.6 is 0 Å². The first-order valence-electron chi connectivity index (χ1n) is 22.1. The Morgan fingerprint density at radius 3 is 1.28 bits per heavy atom. The molecule has 0 aliphatic heterocycles. The minimum atomic E-state index is -3.66. The van der Waals surface area contributed by atoms with E-state index in [1.54, 1.807) is 12.1 Å². The average molecular weight is 853 g/mol. The molecule has 64 heavy (non-hydrogen) atoms. The molecule has 9 aromatic rings. The Morgan fingerprint density at radius 2 is 0.859 bits per heavy atom. The van der Waals surface area contributed by atoms with Crippen LogP contribution in [0.4, 0.5) is 0 Å². The molecule has 316 valence electrons. The first kappa shape index (κ1) is 43.7. The summed E-state index contributed by atoms with van der Waals surface area (Å²) in [6, 6.07) is 59.5. The zero-order valence-electron chi connectivity index (χ0n) is 37.0. The summed E-state index contributed by atoms with van der Waals surface area (Å²) in [6.07, 6.45) is 4.58. The summed E-state index contributed by atoms with van der Waals surface area (Å²) in [6.45, 7) is 8.11. The van der Waals surface area contributed by atoms with Crippen LogP contribution in [0.2, 0.25) is 0 Å². The standard InChI is InChI=1S/C26H20.C22H18.C12H14O3S/c1-2-4-12-22-18-16-20-10-6-8-14-24(20)26(22)25-21(11-3-1)17-15-19-9-5-7-13-23(19)25;1-15-11-13-17-7-3-5-9-19(17)21(15)22-16(2)12-14-18-8-4-6-10-20(18)22;1-3-4-5-10-15-16(13,14)12-8-6-11(2)7-9-12/h5-10,13-18H,3-4,11-12H2;3-14H,1-2H3;6-9H,3,10H2,1-2H3. The van der Waals surface area contributed by atoms with Crippen LogP contribution < -0.4 is 0 Å². The van der Waals surface area contributed by atoms with E-state index in [1.165, 1.54) is 99.7 Å². The lowest BCUT2D eigenvalue weighted by atomic mass is 9.84. The Bertz CT molecular complexity index is 3200. The lowest BCUT2D eigenvalue weighted by Gasteiger charge is -2.19. The van der Waals surface area contributed by atoms with Gasteiger partial charge in [-0.25, -0.2) is 0 Å². The van der Waals surface area contributed by atoms with Crippen molar-refractivity contribution in [2.45, 2.75) is 64.7 Å². The zero-order chi connectivity index (χ0) is 44.5. The molecule has 4 heteroatoms. The third-order valence-electron chi connectivity index (χ3n) is 11.9. The van der Waals surface area contributed by atoms with Crippen LogP contribution in [0, 0.1) is 44.5 Å². The van der Waals surface area contributed by atoms with Crippen LogP contribution in [0.3, 0.4) is 0 Å². The van der Waals surface area contributed by atoms with Crippen LogP contribution in [-0.2, 0) is 27.1 Å². The number of benzene rings is 9. The van der Waals surface area contributed by atoms with Gasteiger partial charge in [-0.15, -0.1) is 17.8 Å². The fourth-order valence-corrected chi connectivity index (χ4v) is 9.51. The summed E-state index contributed by atoms with van der Waals surface area (Å²) in [5.41, 5.74) is 12.1. The summed E-state index contributed by atoms with van der Waals surface area (Å²) in [5, 5.41) is 10.6. The van der Waals surface area contributed by atoms with Gasteiger partial charge in [0.2, 0.25) is 0 Å². The molecule has 0 N–H and O–H groups in total. The van der Waals surface area contributed by atoms with Crippen molar-refractivity contribution in [3.63, 3.8) is 0 Å². The highest BCUT2D eigenvalue weighted by molar-refractivity contribution is 7.86. The predicted molar refractivity (Wildman–Crippen MR) is 270 cm³/mol. The topological polar surface area (TPSA) is 43.4 Å². The van der Waals surface area contributed by atoms with Crippen molar-refractivity contribution in [2.75, 3.05) is 6.61 Å². The van der Waals surface area contributed by atoms with Crippen molar-refractivity contribution < 1.29 is 12.6 Å². The summed E-state index contributed by atoms with van der Waals surface area (Å²) >= 11 is 0. The molecule has 0 aromatic heterocycles. The number of aryl methyl sites for hydroxylation is 5. The fraction of sp³-hybridized carbons (Fsp3) is 0.167. The molecule has 0 saturated heterocycles. The molecule has 0 radical (unpaired) electrons. The summed E-state index contributed by atoms with van der Waals surface area (Å²) < 4.78 is 28.0. The van der Waals surface area contributed by atoms with Crippen LogP contribution in [0.25, 0.3) is 65.3 Å². The van der Waals surface area contributed by atoms with Gasteiger partial charge < -0.3 is 0 Å². The Balaban J connectivity index is 0.000000136. The van der Waals surface area contributed by atoms with Gasteiger partial charge in [-0.05, 0) is 133 Å². The van der Waals surface area contributed by atoms with Crippen molar-refractivity contribution in [1.29, 1.82) is 0 Å². The molecule has 0 atom stereocenters.